The number of fused-ring (bicyclic) bond motifs is 1. The summed E-state index contributed by atoms with van der Waals surface area (Å²) < 4.78 is 13.0. The highest BCUT2D eigenvalue weighted by Crippen LogP contribution is 2.09. The summed E-state index contributed by atoms with van der Waals surface area (Å²) in [6.07, 6.45) is 0. The minimum Gasteiger partial charge on any atom is -0.594 e. The van der Waals surface area contributed by atoms with Crippen molar-refractivity contribution in [3.8, 4) is 0 Å². The molecule has 4 nitrogen and oxygen atoms in total. The molecule has 0 fully saturated rings. The first-order valence-electron chi connectivity index (χ1n) is 3.39. The zero-order valence-corrected chi connectivity index (χ0v) is 8.40. The van der Waals surface area contributed by atoms with E-state index in [4.69, 9.17) is 0 Å². The van der Waals surface area contributed by atoms with E-state index < -0.39 is 5.82 Å². The molecule has 0 N–H and O–H groups in total. The Labute approximate surface area is 86.1 Å². The van der Waals surface area contributed by atoms with Crippen LogP contribution in [0.15, 0.2) is 18.2 Å². The Morgan fingerprint density at radius 2 is 2.23 bits per heavy atom. The molecule has 0 saturated heterocycles. The van der Waals surface area contributed by atoms with Gasteiger partial charge in [0.05, 0.1) is 0 Å². The minimum atomic E-state index is -0.415. The second-order valence-electron chi connectivity index (χ2n) is 2.39. The molecule has 1 heterocycles. The standard InChI is InChI=1S/C7H3FIN3O/c8-4-1-2-6-5(3-4)10-7(9)11-12(6)13/h1-3H. The normalized spacial score (nSPS) is 10.6. The molecule has 0 aliphatic carbocycles. The number of rotatable bonds is 0. The summed E-state index contributed by atoms with van der Waals surface area (Å²) in [5.74, 6) is -0.415. The van der Waals surface area contributed by atoms with Crippen molar-refractivity contribution in [3.63, 3.8) is 0 Å². The van der Waals surface area contributed by atoms with Gasteiger partial charge in [-0.2, -0.15) is 0 Å². The Bertz CT molecular complexity index is 471. The summed E-state index contributed by atoms with van der Waals surface area (Å²) in [5.41, 5.74) is 0.580. The molecule has 0 bridgehead atoms. The van der Waals surface area contributed by atoms with E-state index >= 15 is 0 Å². The van der Waals surface area contributed by atoms with Crippen LogP contribution in [-0.4, -0.2) is 10.1 Å². The van der Waals surface area contributed by atoms with Crippen molar-refractivity contribution in [2.24, 2.45) is 0 Å². The molecule has 13 heavy (non-hydrogen) atoms. The van der Waals surface area contributed by atoms with E-state index in [9.17, 15) is 9.60 Å². The molecular formula is C7H3FIN3O. The lowest BCUT2D eigenvalue weighted by atomic mass is 10.3. The summed E-state index contributed by atoms with van der Waals surface area (Å²) in [4.78, 5) is 4.35. The van der Waals surface area contributed by atoms with Crippen LogP contribution in [-0.2, 0) is 0 Å². The van der Waals surface area contributed by atoms with Crippen LogP contribution < -0.4 is 4.85 Å². The molecule has 0 saturated carbocycles. The monoisotopic (exact) mass is 291 g/mol. The van der Waals surface area contributed by atoms with Gasteiger partial charge in [0.1, 0.15) is 11.3 Å². The number of aromatic nitrogens is 3. The zero-order valence-electron chi connectivity index (χ0n) is 6.24. The summed E-state index contributed by atoms with van der Waals surface area (Å²) >= 11 is 1.80. The highest BCUT2D eigenvalue weighted by molar-refractivity contribution is 14.1. The molecule has 0 radical (unpaired) electrons. The van der Waals surface area contributed by atoms with E-state index in [1.54, 1.807) is 22.6 Å². The Hall–Kier alpha value is -1.05. The van der Waals surface area contributed by atoms with Gasteiger partial charge in [0.2, 0.25) is 0 Å². The van der Waals surface area contributed by atoms with Crippen LogP contribution in [0, 0.1) is 14.9 Å². The van der Waals surface area contributed by atoms with Crippen LogP contribution in [0.3, 0.4) is 0 Å². The maximum Gasteiger partial charge on any atom is 0.270 e. The molecule has 0 aliphatic rings. The van der Waals surface area contributed by atoms with Crippen molar-refractivity contribution in [2.75, 3.05) is 0 Å². The summed E-state index contributed by atoms with van der Waals surface area (Å²) in [6, 6.07) is 3.76. The van der Waals surface area contributed by atoms with Gasteiger partial charge in [-0.05, 0) is 10.9 Å². The Kier molecular flexibility index (Phi) is 1.98. The average molecular weight is 291 g/mol. The minimum absolute atomic E-state index is 0.266. The third kappa shape index (κ3) is 1.53. The van der Waals surface area contributed by atoms with Gasteiger partial charge in [-0.15, -0.1) is 0 Å². The van der Waals surface area contributed by atoms with Gasteiger partial charge in [-0.1, -0.05) is 0 Å². The van der Waals surface area contributed by atoms with Crippen LogP contribution in [0.2, 0.25) is 0 Å². The second kappa shape index (κ2) is 3.02. The van der Waals surface area contributed by atoms with Crippen LogP contribution in [0.25, 0.3) is 11.0 Å². The lowest BCUT2D eigenvalue weighted by Crippen LogP contribution is -2.33. The molecule has 66 valence electrons. The molecular weight excluding hydrogens is 288 g/mol. The lowest BCUT2D eigenvalue weighted by Gasteiger charge is -1.97. The van der Waals surface area contributed by atoms with Crippen molar-refractivity contribution < 1.29 is 9.24 Å². The predicted octanol–water partition coefficient (Wildman–Crippen LogP) is 1.01. The van der Waals surface area contributed by atoms with Crippen molar-refractivity contribution in [3.05, 3.63) is 33.1 Å². The first-order chi connectivity index (χ1) is 6.16. The highest BCUT2D eigenvalue weighted by Gasteiger charge is 2.08. The van der Waals surface area contributed by atoms with E-state index in [0.717, 1.165) is 0 Å². The maximum absolute atomic E-state index is 12.7. The van der Waals surface area contributed by atoms with Gasteiger partial charge in [-0.25, -0.2) is 9.37 Å². The first-order valence-corrected chi connectivity index (χ1v) is 4.47. The molecule has 0 amide bonds. The molecule has 1 aromatic carbocycles. The summed E-state index contributed by atoms with van der Waals surface area (Å²) in [6.45, 7) is 0. The molecule has 1 aromatic heterocycles. The van der Waals surface area contributed by atoms with Crippen LogP contribution in [0.1, 0.15) is 0 Å². The van der Waals surface area contributed by atoms with Crippen LogP contribution >= 0.6 is 22.6 Å². The van der Waals surface area contributed by atoms with Gasteiger partial charge in [0.15, 0.2) is 0 Å². The van der Waals surface area contributed by atoms with Gasteiger partial charge in [0.25, 0.3) is 9.35 Å². The summed E-state index contributed by atoms with van der Waals surface area (Å²) in [5, 5.41) is 14.7. The third-order valence-electron chi connectivity index (χ3n) is 1.53. The lowest BCUT2D eigenvalue weighted by molar-refractivity contribution is -0.644. The average Bonchev–Trinajstić information content (AvgIpc) is 2.02. The SMILES string of the molecule is [O-][n+]1nc(I)nc2cc(F)ccc21. The topological polar surface area (TPSA) is 52.7 Å². The quantitative estimate of drug-likeness (QED) is 0.413. The number of nitrogens with zero attached hydrogens (tertiary/aromatic N) is 3. The number of hydrogen-bond acceptors (Lipinski definition) is 3. The molecule has 2 aromatic rings. The van der Waals surface area contributed by atoms with E-state index in [-0.39, 0.29) is 5.52 Å². The van der Waals surface area contributed by atoms with Gasteiger partial charge >= 0.3 is 0 Å². The molecule has 0 aliphatic heterocycles. The zero-order chi connectivity index (χ0) is 9.42. The largest absolute Gasteiger partial charge is 0.594 e. The number of halogens is 2. The molecule has 0 spiro atoms. The first kappa shape index (κ1) is 8.54. The van der Waals surface area contributed by atoms with Crippen molar-refractivity contribution >= 4 is 33.6 Å². The fourth-order valence-corrected chi connectivity index (χ4v) is 1.45. The smallest absolute Gasteiger partial charge is 0.270 e. The van der Waals surface area contributed by atoms with E-state index in [0.29, 0.717) is 14.2 Å². The fourth-order valence-electron chi connectivity index (χ4n) is 0.998. The fraction of sp³-hybridized carbons (Fsp3) is 0. The molecule has 0 atom stereocenters. The van der Waals surface area contributed by atoms with Crippen LogP contribution in [0.4, 0.5) is 4.39 Å². The molecule has 2 rings (SSSR count). The number of hydrogen-bond donors (Lipinski definition) is 0. The van der Waals surface area contributed by atoms with E-state index in [2.05, 4.69) is 10.1 Å². The van der Waals surface area contributed by atoms with Crippen molar-refractivity contribution in [1.82, 2.24) is 10.1 Å². The van der Waals surface area contributed by atoms with Gasteiger partial charge < -0.3 is 5.21 Å². The number of benzene rings is 1. The predicted molar refractivity (Wildman–Crippen MR) is 51.2 cm³/mol. The Morgan fingerprint density at radius 1 is 1.46 bits per heavy atom. The third-order valence-corrected chi connectivity index (χ3v) is 1.99. The van der Waals surface area contributed by atoms with Gasteiger partial charge in [-0.3, -0.25) is 0 Å². The van der Waals surface area contributed by atoms with E-state index in [1.807, 2.05) is 0 Å². The molecule has 0 unspecified atom stereocenters. The highest BCUT2D eigenvalue weighted by atomic mass is 127. The van der Waals surface area contributed by atoms with Gasteiger partial charge in [0, 0.05) is 39.8 Å². The van der Waals surface area contributed by atoms with E-state index in [1.165, 1.54) is 18.2 Å². The second-order valence-corrected chi connectivity index (χ2v) is 3.35. The van der Waals surface area contributed by atoms with Crippen LogP contribution in [0.5, 0.6) is 0 Å². The molecule has 6 heteroatoms. The van der Waals surface area contributed by atoms with Crippen molar-refractivity contribution in [1.29, 1.82) is 0 Å². The maximum atomic E-state index is 12.7. The Balaban J connectivity index is 2.86. The Morgan fingerprint density at radius 3 is 3.00 bits per heavy atom. The summed E-state index contributed by atoms with van der Waals surface area (Å²) in [7, 11) is 0. The van der Waals surface area contributed by atoms with Crippen molar-refractivity contribution in [2.45, 2.75) is 0 Å².